The minimum absolute atomic E-state index is 0.0562. The van der Waals surface area contributed by atoms with Crippen LogP contribution in [-0.4, -0.2) is 45.8 Å². The van der Waals surface area contributed by atoms with Crippen molar-refractivity contribution in [1.82, 2.24) is 10.6 Å². The summed E-state index contributed by atoms with van der Waals surface area (Å²) in [5, 5.41) is 4.52. The molecule has 3 amide bonds. The Morgan fingerprint density at radius 3 is 2.50 bits per heavy atom. The van der Waals surface area contributed by atoms with E-state index in [0.29, 0.717) is 6.54 Å². The van der Waals surface area contributed by atoms with Gasteiger partial charge in [0, 0.05) is 12.6 Å². The SMILES string of the molecule is CNC(=O)NC(=O)[C@@H](C)[NH+](C)Cc1ccc(OC(F)F)c(OC)c1. The first-order chi connectivity index (χ1) is 11.3. The van der Waals surface area contributed by atoms with Crippen molar-refractivity contribution in [3.63, 3.8) is 0 Å². The highest BCUT2D eigenvalue weighted by atomic mass is 19.3. The minimum Gasteiger partial charge on any atom is -0.493 e. The quantitative estimate of drug-likeness (QED) is 0.657. The van der Waals surface area contributed by atoms with E-state index < -0.39 is 24.6 Å². The molecule has 0 spiro atoms. The van der Waals surface area contributed by atoms with Gasteiger partial charge in [0.25, 0.3) is 5.91 Å². The average Bonchev–Trinajstić information content (AvgIpc) is 2.54. The molecule has 134 valence electrons. The monoisotopic (exact) mass is 346 g/mol. The molecule has 0 aliphatic rings. The zero-order valence-electron chi connectivity index (χ0n) is 14.0. The van der Waals surface area contributed by atoms with E-state index in [1.807, 2.05) is 0 Å². The average molecular weight is 346 g/mol. The van der Waals surface area contributed by atoms with Crippen molar-refractivity contribution in [1.29, 1.82) is 0 Å². The molecule has 1 aromatic carbocycles. The molecule has 0 fully saturated rings. The maximum atomic E-state index is 12.3. The summed E-state index contributed by atoms with van der Waals surface area (Å²) in [6, 6.07) is 3.51. The molecule has 0 radical (unpaired) electrons. The highest BCUT2D eigenvalue weighted by molar-refractivity contribution is 5.96. The number of quaternary nitrogens is 1. The summed E-state index contributed by atoms with van der Waals surface area (Å²) in [6.07, 6.45) is 0. The third kappa shape index (κ3) is 5.65. The summed E-state index contributed by atoms with van der Waals surface area (Å²) in [4.78, 5) is 23.9. The lowest BCUT2D eigenvalue weighted by atomic mass is 10.1. The van der Waals surface area contributed by atoms with Crippen LogP contribution in [0.25, 0.3) is 0 Å². The number of carbonyl (C=O) groups excluding carboxylic acids is 2. The number of amides is 3. The molecule has 9 heteroatoms. The van der Waals surface area contributed by atoms with Gasteiger partial charge in [-0.25, -0.2) is 4.79 Å². The van der Waals surface area contributed by atoms with Crippen LogP contribution in [0.5, 0.6) is 11.5 Å². The van der Waals surface area contributed by atoms with Crippen LogP contribution in [0.1, 0.15) is 12.5 Å². The molecule has 0 aliphatic carbocycles. The van der Waals surface area contributed by atoms with E-state index in [1.165, 1.54) is 20.2 Å². The summed E-state index contributed by atoms with van der Waals surface area (Å²) < 4.78 is 34.0. The van der Waals surface area contributed by atoms with Crippen molar-refractivity contribution in [2.24, 2.45) is 0 Å². The second-order valence-electron chi connectivity index (χ2n) is 5.18. The van der Waals surface area contributed by atoms with Gasteiger partial charge in [-0.15, -0.1) is 0 Å². The fourth-order valence-electron chi connectivity index (χ4n) is 2.00. The third-order valence-electron chi connectivity index (χ3n) is 3.52. The van der Waals surface area contributed by atoms with Crippen molar-refractivity contribution >= 4 is 11.9 Å². The topological polar surface area (TPSA) is 81.1 Å². The molecule has 2 atom stereocenters. The molecule has 0 heterocycles. The van der Waals surface area contributed by atoms with E-state index in [-0.39, 0.29) is 11.5 Å². The molecule has 0 saturated carbocycles. The summed E-state index contributed by atoms with van der Waals surface area (Å²) in [6.45, 7) is -0.835. The highest BCUT2D eigenvalue weighted by Crippen LogP contribution is 2.29. The molecule has 0 aromatic heterocycles. The normalized spacial score (nSPS) is 13.1. The van der Waals surface area contributed by atoms with Gasteiger partial charge < -0.3 is 19.7 Å². The molecule has 0 aliphatic heterocycles. The van der Waals surface area contributed by atoms with Gasteiger partial charge in [0.1, 0.15) is 6.54 Å². The summed E-state index contributed by atoms with van der Waals surface area (Å²) in [7, 11) is 4.55. The van der Waals surface area contributed by atoms with Crippen LogP contribution in [0.15, 0.2) is 18.2 Å². The molecule has 1 unspecified atom stereocenters. The first-order valence-corrected chi connectivity index (χ1v) is 7.25. The minimum atomic E-state index is -2.94. The number of carbonyl (C=O) groups is 2. The lowest BCUT2D eigenvalue weighted by Crippen LogP contribution is -3.12. The second kappa shape index (κ2) is 9.02. The van der Waals surface area contributed by atoms with E-state index in [0.717, 1.165) is 10.5 Å². The van der Waals surface area contributed by atoms with Crippen LogP contribution in [-0.2, 0) is 11.3 Å². The third-order valence-corrected chi connectivity index (χ3v) is 3.52. The summed E-state index contributed by atoms with van der Waals surface area (Å²) in [5.74, 6) is -0.293. The van der Waals surface area contributed by atoms with Crippen molar-refractivity contribution in [2.45, 2.75) is 26.1 Å². The molecule has 0 saturated heterocycles. The van der Waals surface area contributed by atoms with E-state index in [2.05, 4.69) is 15.4 Å². The lowest BCUT2D eigenvalue weighted by Gasteiger charge is -2.21. The number of alkyl halides is 2. The lowest BCUT2D eigenvalue weighted by molar-refractivity contribution is -0.908. The Morgan fingerprint density at radius 1 is 1.29 bits per heavy atom. The van der Waals surface area contributed by atoms with E-state index >= 15 is 0 Å². The predicted molar refractivity (Wildman–Crippen MR) is 82.3 cm³/mol. The van der Waals surface area contributed by atoms with Gasteiger partial charge in [0.15, 0.2) is 17.5 Å². The number of rotatable bonds is 7. The molecule has 1 aromatic rings. The van der Waals surface area contributed by atoms with Crippen LogP contribution >= 0.6 is 0 Å². The van der Waals surface area contributed by atoms with Gasteiger partial charge in [0.2, 0.25) is 0 Å². The number of urea groups is 1. The van der Waals surface area contributed by atoms with Crippen molar-refractivity contribution in [2.75, 3.05) is 21.2 Å². The zero-order valence-corrected chi connectivity index (χ0v) is 14.0. The predicted octanol–water partition coefficient (Wildman–Crippen LogP) is 0.155. The number of benzene rings is 1. The Labute approximate surface area is 138 Å². The van der Waals surface area contributed by atoms with Crippen LogP contribution < -0.4 is 25.0 Å². The Hall–Kier alpha value is -2.42. The molecule has 1 rings (SSSR count). The van der Waals surface area contributed by atoms with E-state index in [1.54, 1.807) is 26.1 Å². The number of ether oxygens (including phenoxy) is 2. The van der Waals surface area contributed by atoms with Crippen molar-refractivity contribution < 1.29 is 32.7 Å². The number of imide groups is 1. The fourth-order valence-corrected chi connectivity index (χ4v) is 2.00. The van der Waals surface area contributed by atoms with Gasteiger partial charge in [-0.05, 0) is 25.1 Å². The van der Waals surface area contributed by atoms with Gasteiger partial charge in [-0.1, -0.05) is 0 Å². The van der Waals surface area contributed by atoms with Crippen LogP contribution in [0.4, 0.5) is 13.6 Å². The van der Waals surface area contributed by atoms with Crippen LogP contribution in [0.3, 0.4) is 0 Å². The first kappa shape index (κ1) is 19.6. The van der Waals surface area contributed by atoms with Crippen molar-refractivity contribution in [3.05, 3.63) is 23.8 Å². The van der Waals surface area contributed by atoms with Gasteiger partial charge in [-0.3, -0.25) is 10.1 Å². The Balaban J connectivity index is 2.77. The smallest absolute Gasteiger partial charge is 0.387 e. The highest BCUT2D eigenvalue weighted by Gasteiger charge is 2.24. The Bertz CT molecular complexity index is 584. The number of likely N-dealkylation sites (N-methyl/N-ethyl adjacent to an activating group) is 1. The van der Waals surface area contributed by atoms with Gasteiger partial charge in [-0.2, -0.15) is 8.78 Å². The number of nitrogens with one attached hydrogen (secondary N) is 3. The second-order valence-corrected chi connectivity index (χ2v) is 5.18. The van der Waals surface area contributed by atoms with Crippen LogP contribution in [0, 0.1) is 0 Å². The number of hydrogen-bond acceptors (Lipinski definition) is 4. The van der Waals surface area contributed by atoms with Crippen LogP contribution in [0.2, 0.25) is 0 Å². The number of methoxy groups -OCH3 is 1. The largest absolute Gasteiger partial charge is 0.493 e. The van der Waals surface area contributed by atoms with E-state index in [9.17, 15) is 18.4 Å². The maximum absolute atomic E-state index is 12.3. The fraction of sp³-hybridized carbons (Fsp3) is 0.467. The molecule has 24 heavy (non-hydrogen) atoms. The maximum Gasteiger partial charge on any atom is 0.387 e. The summed E-state index contributed by atoms with van der Waals surface area (Å²) in [5.41, 5.74) is 0.769. The zero-order chi connectivity index (χ0) is 18.3. The Morgan fingerprint density at radius 2 is 1.96 bits per heavy atom. The van der Waals surface area contributed by atoms with E-state index in [4.69, 9.17) is 4.74 Å². The van der Waals surface area contributed by atoms with Gasteiger partial charge >= 0.3 is 12.6 Å². The standard InChI is InChI=1S/C15H21F2N3O4/c1-9(13(21)19-15(22)18-2)20(3)8-10-5-6-11(24-14(16)17)12(7-10)23-4/h5-7,9,14H,8H2,1-4H3,(H2,18,19,21,22)/p+1/t9-/m1/s1. The molecule has 3 N–H and O–H groups in total. The number of hydrogen-bond donors (Lipinski definition) is 3. The van der Waals surface area contributed by atoms with Gasteiger partial charge in [0.05, 0.1) is 14.2 Å². The molecule has 0 bridgehead atoms. The Kier molecular flexibility index (Phi) is 7.37. The molecular formula is C15H22F2N3O4+. The number of halogens is 2. The molecular weight excluding hydrogens is 324 g/mol. The first-order valence-electron chi connectivity index (χ1n) is 7.25. The molecule has 7 nitrogen and oxygen atoms in total. The van der Waals surface area contributed by atoms with Crippen molar-refractivity contribution in [3.8, 4) is 11.5 Å². The summed E-state index contributed by atoms with van der Waals surface area (Å²) >= 11 is 0.